The second kappa shape index (κ2) is 11.1. The predicted molar refractivity (Wildman–Crippen MR) is 108 cm³/mol. The molecule has 0 spiro atoms. The molecule has 0 fully saturated rings. The lowest BCUT2D eigenvalue weighted by Gasteiger charge is -2.24. The van der Waals surface area contributed by atoms with E-state index in [9.17, 15) is 0 Å². The Balaban J connectivity index is 0.00000441. The molecular weight excluding hydrogens is 411 g/mol. The molecule has 1 unspecified atom stereocenters. The Labute approximate surface area is 156 Å². The summed E-state index contributed by atoms with van der Waals surface area (Å²) in [4.78, 5) is 6.87. The van der Waals surface area contributed by atoms with Crippen molar-refractivity contribution in [1.82, 2.24) is 15.5 Å². The molecule has 0 aliphatic carbocycles. The van der Waals surface area contributed by atoms with Gasteiger partial charge in [0, 0.05) is 17.6 Å². The van der Waals surface area contributed by atoms with Gasteiger partial charge >= 0.3 is 0 Å². The molecule has 126 valence electrons. The average molecular weight is 439 g/mol. The predicted octanol–water partition coefficient (Wildman–Crippen LogP) is 3.52. The van der Waals surface area contributed by atoms with Gasteiger partial charge in [-0.3, -0.25) is 4.99 Å². The second-order valence-electron chi connectivity index (χ2n) is 5.55. The van der Waals surface area contributed by atoms with Crippen LogP contribution < -0.4 is 10.6 Å². The maximum Gasteiger partial charge on any atom is 0.191 e. The van der Waals surface area contributed by atoms with Gasteiger partial charge < -0.3 is 15.5 Å². The minimum atomic E-state index is 0. The number of likely N-dealkylation sites (N-methyl/N-ethyl adjacent to an activating group) is 1. The average Bonchev–Trinajstić information content (AvgIpc) is 2.40. The van der Waals surface area contributed by atoms with E-state index in [2.05, 4.69) is 62.5 Å². The van der Waals surface area contributed by atoms with Gasteiger partial charge in [-0.25, -0.2) is 0 Å². The van der Waals surface area contributed by atoms with Crippen molar-refractivity contribution < 1.29 is 0 Å². The third-order valence-corrected chi connectivity index (χ3v) is 3.32. The highest BCUT2D eigenvalue weighted by Crippen LogP contribution is 2.20. The highest BCUT2D eigenvalue weighted by molar-refractivity contribution is 14.0. The van der Waals surface area contributed by atoms with Crippen molar-refractivity contribution in [2.24, 2.45) is 4.99 Å². The van der Waals surface area contributed by atoms with E-state index in [1.807, 2.05) is 12.1 Å². The van der Waals surface area contributed by atoms with Gasteiger partial charge in [-0.1, -0.05) is 23.7 Å². The number of rotatable bonds is 6. The number of nitrogens with one attached hydrogen (secondary N) is 2. The molecule has 22 heavy (non-hydrogen) atoms. The lowest BCUT2D eigenvalue weighted by molar-refractivity contribution is 0.306. The molecule has 6 heteroatoms. The first-order valence-corrected chi connectivity index (χ1v) is 7.78. The summed E-state index contributed by atoms with van der Waals surface area (Å²) in [5.74, 6) is 0.855. The highest BCUT2D eigenvalue weighted by atomic mass is 127. The van der Waals surface area contributed by atoms with E-state index in [4.69, 9.17) is 16.6 Å². The van der Waals surface area contributed by atoms with Crippen LogP contribution in [0.4, 0.5) is 0 Å². The number of benzene rings is 1. The standard InChI is InChI=1S/C16H27ClN4.HI/c1-6-18-16(20-12(2)3)19-11-15(21(4)5)13-7-9-14(17)10-8-13;/h7-10,12,15H,6,11H2,1-5H3,(H2,18,19,20);1H. The van der Waals surface area contributed by atoms with Crippen LogP contribution in [0.3, 0.4) is 0 Å². The van der Waals surface area contributed by atoms with Crippen LogP contribution in [-0.2, 0) is 0 Å². The van der Waals surface area contributed by atoms with Crippen LogP contribution in [0.5, 0.6) is 0 Å². The van der Waals surface area contributed by atoms with E-state index in [-0.39, 0.29) is 30.0 Å². The first kappa shape index (κ1) is 21.5. The number of nitrogens with zero attached hydrogens (tertiary/aromatic N) is 2. The van der Waals surface area contributed by atoms with Crippen LogP contribution in [0.2, 0.25) is 5.02 Å². The van der Waals surface area contributed by atoms with E-state index in [1.54, 1.807) is 0 Å². The fourth-order valence-electron chi connectivity index (χ4n) is 2.02. The topological polar surface area (TPSA) is 39.7 Å². The van der Waals surface area contributed by atoms with Crippen LogP contribution >= 0.6 is 35.6 Å². The zero-order valence-corrected chi connectivity index (χ0v) is 17.1. The summed E-state index contributed by atoms with van der Waals surface area (Å²) < 4.78 is 0. The molecular formula is C16H28ClIN4. The van der Waals surface area contributed by atoms with Crippen molar-refractivity contribution in [2.75, 3.05) is 27.2 Å². The Kier molecular flexibility index (Phi) is 10.8. The van der Waals surface area contributed by atoms with Crippen LogP contribution in [0, 0.1) is 0 Å². The molecule has 1 rings (SSSR count). The van der Waals surface area contributed by atoms with Gasteiger partial charge in [0.1, 0.15) is 0 Å². The van der Waals surface area contributed by atoms with Gasteiger partial charge in [-0.15, -0.1) is 24.0 Å². The largest absolute Gasteiger partial charge is 0.357 e. The van der Waals surface area contributed by atoms with E-state index in [1.165, 1.54) is 5.56 Å². The molecule has 0 aliphatic rings. The summed E-state index contributed by atoms with van der Waals surface area (Å²) in [7, 11) is 4.13. The Morgan fingerprint density at radius 1 is 1.23 bits per heavy atom. The molecule has 2 N–H and O–H groups in total. The molecule has 0 amide bonds. The van der Waals surface area contributed by atoms with Crippen LogP contribution in [0.25, 0.3) is 0 Å². The fourth-order valence-corrected chi connectivity index (χ4v) is 2.15. The molecule has 0 radical (unpaired) electrons. The fraction of sp³-hybridized carbons (Fsp3) is 0.562. The number of hydrogen-bond acceptors (Lipinski definition) is 2. The lowest BCUT2D eigenvalue weighted by Crippen LogP contribution is -2.41. The quantitative estimate of drug-likeness (QED) is 0.405. The van der Waals surface area contributed by atoms with Gasteiger partial charge in [-0.2, -0.15) is 0 Å². The number of halogens is 2. The first-order valence-electron chi connectivity index (χ1n) is 7.40. The van der Waals surface area contributed by atoms with Crippen LogP contribution in [0.1, 0.15) is 32.4 Å². The molecule has 1 atom stereocenters. The summed E-state index contributed by atoms with van der Waals surface area (Å²) in [6.07, 6.45) is 0. The normalized spacial score (nSPS) is 13.0. The smallest absolute Gasteiger partial charge is 0.191 e. The SMILES string of the molecule is CCNC(=NCC(c1ccc(Cl)cc1)N(C)C)NC(C)C.I. The molecule has 0 bridgehead atoms. The molecule has 1 aromatic rings. The third kappa shape index (κ3) is 7.65. The van der Waals surface area contributed by atoms with E-state index >= 15 is 0 Å². The van der Waals surface area contributed by atoms with Gasteiger partial charge in [0.15, 0.2) is 5.96 Å². The van der Waals surface area contributed by atoms with E-state index in [0.29, 0.717) is 12.6 Å². The zero-order chi connectivity index (χ0) is 15.8. The van der Waals surface area contributed by atoms with Gasteiger partial charge in [0.05, 0.1) is 12.6 Å². The van der Waals surface area contributed by atoms with Crippen molar-refractivity contribution >= 4 is 41.5 Å². The summed E-state index contributed by atoms with van der Waals surface area (Å²) in [6.45, 7) is 7.83. The van der Waals surface area contributed by atoms with E-state index < -0.39 is 0 Å². The Morgan fingerprint density at radius 3 is 2.27 bits per heavy atom. The Morgan fingerprint density at radius 2 is 1.82 bits per heavy atom. The maximum atomic E-state index is 5.96. The van der Waals surface area contributed by atoms with Crippen LogP contribution in [0.15, 0.2) is 29.3 Å². The number of aliphatic imine (C=N–C) groups is 1. The van der Waals surface area contributed by atoms with Gasteiger partial charge in [0.25, 0.3) is 0 Å². The zero-order valence-electron chi connectivity index (χ0n) is 14.1. The minimum Gasteiger partial charge on any atom is -0.357 e. The number of hydrogen-bond donors (Lipinski definition) is 2. The molecule has 1 aromatic carbocycles. The van der Waals surface area contributed by atoms with Crippen LogP contribution in [-0.4, -0.2) is 44.1 Å². The molecule has 4 nitrogen and oxygen atoms in total. The van der Waals surface area contributed by atoms with Crippen molar-refractivity contribution in [3.63, 3.8) is 0 Å². The Bertz CT molecular complexity index is 446. The molecule has 0 aliphatic heterocycles. The molecule has 0 aromatic heterocycles. The minimum absolute atomic E-state index is 0. The monoisotopic (exact) mass is 438 g/mol. The summed E-state index contributed by atoms with van der Waals surface area (Å²) in [5, 5.41) is 7.36. The maximum absolute atomic E-state index is 5.96. The second-order valence-corrected chi connectivity index (χ2v) is 5.99. The summed E-state index contributed by atoms with van der Waals surface area (Å²) in [5.41, 5.74) is 1.22. The highest BCUT2D eigenvalue weighted by Gasteiger charge is 2.14. The van der Waals surface area contributed by atoms with Crippen molar-refractivity contribution in [3.05, 3.63) is 34.9 Å². The molecule has 0 saturated heterocycles. The third-order valence-electron chi connectivity index (χ3n) is 3.07. The molecule has 0 heterocycles. The van der Waals surface area contributed by atoms with Crippen molar-refractivity contribution in [3.8, 4) is 0 Å². The Hall–Kier alpha value is -0.530. The van der Waals surface area contributed by atoms with Gasteiger partial charge in [0.2, 0.25) is 0 Å². The summed E-state index contributed by atoms with van der Waals surface area (Å²) in [6, 6.07) is 8.56. The first-order chi connectivity index (χ1) is 9.93. The summed E-state index contributed by atoms with van der Waals surface area (Å²) >= 11 is 5.96. The van der Waals surface area contributed by atoms with Crippen molar-refractivity contribution in [1.29, 1.82) is 0 Å². The van der Waals surface area contributed by atoms with Gasteiger partial charge in [-0.05, 0) is 52.6 Å². The molecule has 0 saturated carbocycles. The lowest BCUT2D eigenvalue weighted by atomic mass is 10.1. The van der Waals surface area contributed by atoms with E-state index in [0.717, 1.165) is 17.5 Å². The van der Waals surface area contributed by atoms with Crippen molar-refractivity contribution in [2.45, 2.75) is 32.9 Å². The number of guanidine groups is 1.